The molecule has 0 aromatic heterocycles. The fourth-order valence-electron chi connectivity index (χ4n) is 3.02. The summed E-state index contributed by atoms with van der Waals surface area (Å²) in [6, 6.07) is 5.34. The van der Waals surface area contributed by atoms with Crippen molar-refractivity contribution in [2.75, 3.05) is 6.26 Å². The molecule has 0 spiro atoms. The van der Waals surface area contributed by atoms with Gasteiger partial charge >= 0.3 is 17.9 Å². The lowest BCUT2D eigenvalue weighted by Crippen LogP contribution is -2.57. The summed E-state index contributed by atoms with van der Waals surface area (Å²) in [4.78, 5) is 35.1. The molecule has 1 heterocycles. The molecule has 0 N–H and O–H groups in total. The molecule has 0 bridgehead atoms. The first-order valence-corrected chi connectivity index (χ1v) is 10.3. The summed E-state index contributed by atoms with van der Waals surface area (Å²) >= 11 is 7.54. The van der Waals surface area contributed by atoms with Crippen LogP contribution in [0.5, 0.6) is 0 Å². The van der Waals surface area contributed by atoms with Crippen LogP contribution in [-0.2, 0) is 33.3 Å². The number of carbonyl (C=O) groups is 3. The molecule has 0 amide bonds. The Morgan fingerprint density at radius 1 is 0.964 bits per heavy atom. The Morgan fingerprint density at radius 3 is 2.00 bits per heavy atom. The van der Waals surface area contributed by atoms with Crippen molar-refractivity contribution in [1.82, 2.24) is 0 Å². The number of thioether (sulfide) groups is 1. The van der Waals surface area contributed by atoms with Gasteiger partial charge in [-0.15, -0.1) is 11.8 Å². The fraction of sp³-hybridized carbons (Fsp3) is 0.526. The van der Waals surface area contributed by atoms with Gasteiger partial charge in [-0.1, -0.05) is 23.7 Å². The summed E-state index contributed by atoms with van der Waals surface area (Å²) < 4.78 is 22.4. The number of esters is 3. The van der Waals surface area contributed by atoms with E-state index in [1.54, 1.807) is 18.4 Å². The van der Waals surface area contributed by atoms with Gasteiger partial charge in [-0.25, -0.2) is 0 Å². The number of benzene rings is 1. The Bertz CT molecular complexity index is 754. The predicted molar refractivity (Wildman–Crippen MR) is 104 cm³/mol. The van der Waals surface area contributed by atoms with E-state index in [0.29, 0.717) is 10.6 Å². The molecular weight excluding hydrogens is 408 g/mol. The molecule has 0 unspecified atom stereocenters. The summed E-state index contributed by atoms with van der Waals surface area (Å²) in [5.41, 5.74) is 0.880. The Kier molecular flexibility index (Phi) is 7.74. The monoisotopic (exact) mass is 430 g/mol. The van der Waals surface area contributed by atoms with Crippen molar-refractivity contribution in [2.24, 2.45) is 0 Å². The van der Waals surface area contributed by atoms with E-state index < -0.39 is 47.8 Å². The smallest absolute Gasteiger partial charge is 0.303 e. The highest BCUT2D eigenvalue weighted by molar-refractivity contribution is 7.99. The Balaban J connectivity index is 2.53. The SMILES string of the molecule is CS[C@H]1O[C@@H](c2ccc(C)c(Cl)c2)[C@H](OC(C)=O)[C@@H](OC(C)=O)[C@@H]1OC(C)=O. The molecule has 1 aromatic rings. The van der Waals surface area contributed by atoms with Crippen LogP contribution in [0.1, 0.15) is 38.0 Å². The van der Waals surface area contributed by atoms with E-state index in [1.165, 1.54) is 32.5 Å². The maximum Gasteiger partial charge on any atom is 0.303 e. The normalized spacial score (nSPS) is 27.0. The van der Waals surface area contributed by atoms with Crippen LogP contribution in [0.3, 0.4) is 0 Å². The van der Waals surface area contributed by atoms with Gasteiger partial charge in [0.2, 0.25) is 0 Å². The molecule has 0 saturated carbocycles. The first-order chi connectivity index (χ1) is 13.1. The van der Waals surface area contributed by atoms with Crippen molar-refractivity contribution < 1.29 is 33.3 Å². The molecule has 9 heteroatoms. The van der Waals surface area contributed by atoms with Gasteiger partial charge in [0.15, 0.2) is 18.3 Å². The minimum absolute atomic E-state index is 0.523. The summed E-state index contributed by atoms with van der Waals surface area (Å²) in [7, 11) is 0. The van der Waals surface area contributed by atoms with Crippen LogP contribution >= 0.6 is 23.4 Å². The Hall–Kier alpha value is -1.77. The van der Waals surface area contributed by atoms with Gasteiger partial charge in [-0.3, -0.25) is 14.4 Å². The van der Waals surface area contributed by atoms with Crippen LogP contribution in [0.2, 0.25) is 5.02 Å². The van der Waals surface area contributed by atoms with Gasteiger partial charge < -0.3 is 18.9 Å². The Morgan fingerprint density at radius 2 is 1.50 bits per heavy atom. The van der Waals surface area contributed by atoms with E-state index in [9.17, 15) is 14.4 Å². The molecule has 1 aromatic carbocycles. The van der Waals surface area contributed by atoms with Gasteiger partial charge in [0.25, 0.3) is 0 Å². The molecule has 5 atom stereocenters. The van der Waals surface area contributed by atoms with E-state index in [2.05, 4.69) is 0 Å². The molecule has 1 aliphatic heterocycles. The lowest BCUT2D eigenvalue weighted by Gasteiger charge is -2.44. The summed E-state index contributed by atoms with van der Waals surface area (Å²) in [6.45, 7) is 5.58. The van der Waals surface area contributed by atoms with Crippen LogP contribution in [-0.4, -0.2) is 47.9 Å². The van der Waals surface area contributed by atoms with Crippen LogP contribution in [0.15, 0.2) is 18.2 Å². The number of rotatable bonds is 5. The number of halogens is 1. The van der Waals surface area contributed by atoms with Crippen LogP contribution in [0.25, 0.3) is 0 Å². The van der Waals surface area contributed by atoms with Gasteiger partial charge in [-0.05, 0) is 30.4 Å². The summed E-state index contributed by atoms with van der Waals surface area (Å²) in [5.74, 6) is -1.75. The van der Waals surface area contributed by atoms with Gasteiger partial charge in [0.1, 0.15) is 11.5 Å². The maximum absolute atomic E-state index is 11.8. The number of aryl methyl sites for hydroxylation is 1. The number of hydrogen-bond donors (Lipinski definition) is 0. The highest BCUT2D eigenvalue weighted by Gasteiger charge is 2.52. The minimum atomic E-state index is -1.04. The molecule has 1 aliphatic rings. The van der Waals surface area contributed by atoms with Crippen molar-refractivity contribution in [1.29, 1.82) is 0 Å². The molecule has 1 saturated heterocycles. The third-order valence-electron chi connectivity index (χ3n) is 4.16. The minimum Gasteiger partial charge on any atom is -0.455 e. The quantitative estimate of drug-likeness (QED) is 0.519. The van der Waals surface area contributed by atoms with Gasteiger partial charge in [0.05, 0.1) is 0 Å². The molecule has 1 fully saturated rings. The number of ether oxygens (including phenoxy) is 4. The molecule has 154 valence electrons. The number of hydrogen-bond acceptors (Lipinski definition) is 8. The molecule has 2 rings (SSSR count). The average Bonchev–Trinajstić information content (AvgIpc) is 2.59. The molecule has 7 nitrogen and oxygen atoms in total. The first kappa shape index (κ1) is 22.5. The largest absolute Gasteiger partial charge is 0.455 e. The second-order valence-electron chi connectivity index (χ2n) is 6.39. The van der Waals surface area contributed by atoms with E-state index in [4.69, 9.17) is 30.5 Å². The molecule has 0 aliphatic carbocycles. The van der Waals surface area contributed by atoms with Crippen molar-refractivity contribution in [3.63, 3.8) is 0 Å². The second kappa shape index (κ2) is 9.62. The van der Waals surface area contributed by atoms with Gasteiger partial charge in [0, 0.05) is 25.8 Å². The molecular formula is C19H23ClO7S. The van der Waals surface area contributed by atoms with Crippen molar-refractivity contribution in [3.8, 4) is 0 Å². The topological polar surface area (TPSA) is 88.1 Å². The molecule has 28 heavy (non-hydrogen) atoms. The van der Waals surface area contributed by atoms with E-state index >= 15 is 0 Å². The van der Waals surface area contributed by atoms with Crippen LogP contribution in [0, 0.1) is 6.92 Å². The second-order valence-corrected chi connectivity index (χ2v) is 7.73. The third-order valence-corrected chi connectivity index (χ3v) is 5.41. The van der Waals surface area contributed by atoms with Crippen molar-refractivity contribution in [3.05, 3.63) is 34.3 Å². The number of carbonyl (C=O) groups excluding carboxylic acids is 3. The third kappa shape index (κ3) is 5.40. The lowest BCUT2D eigenvalue weighted by molar-refractivity contribution is -0.233. The highest BCUT2D eigenvalue weighted by atomic mass is 35.5. The Labute approximate surface area is 173 Å². The summed E-state index contributed by atoms with van der Waals surface area (Å²) in [6.07, 6.45) is -2.00. The molecule has 0 radical (unpaired) electrons. The maximum atomic E-state index is 11.8. The van der Waals surface area contributed by atoms with Crippen molar-refractivity contribution >= 4 is 41.3 Å². The van der Waals surface area contributed by atoms with E-state index in [-0.39, 0.29) is 0 Å². The highest BCUT2D eigenvalue weighted by Crippen LogP contribution is 2.41. The van der Waals surface area contributed by atoms with Crippen LogP contribution in [0.4, 0.5) is 0 Å². The zero-order valence-corrected chi connectivity index (χ0v) is 17.8. The van der Waals surface area contributed by atoms with Gasteiger partial charge in [-0.2, -0.15) is 0 Å². The average molecular weight is 431 g/mol. The van der Waals surface area contributed by atoms with E-state index in [1.807, 2.05) is 13.0 Å². The zero-order valence-electron chi connectivity index (χ0n) is 16.3. The zero-order chi connectivity index (χ0) is 21.0. The summed E-state index contributed by atoms with van der Waals surface area (Å²) in [5, 5.41) is 0.523. The lowest BCUT2D eigenvalue weighted by atomic mass is 9.93. The van der Waals surface area contributed by atoms with E-state index in [0.717, 1.165) is 5.56 Å². The van der Waals surface area contributed by atoms with Crippen molar-refractivity contribution in [2.45, 2.75) is 57.5 Å². The predicted octanol–water partition coefficient (Wildman–Crippen LogP) is 3.20. The van der Waals surface area contributed by atoms with Crippen LogP contribution < -0.4 is 0 Å². The first-order valence-electron chi connectivity index (χ1n) is 8.60. The standard InChI is InChI=1S/C19H23ClO7S/c1-9-6-7-13(8-14(9)20)15-16(24-10(2)21)17(25-11(3)22)18(26-12(4)23)19(27-15)28-5/h6-8,15-19H,1-5H3/t15-,16-,17+,18-,19+/m0/s1. The fourth-order valence-corrected chi connectivity index (χ4v) is 3.92.